The number of hydroxylamine groups is 2. The van der Waals surface area contributed by atoms with E-state index in [1.807, 2.05) is 4.90 Å². The normalized spacial score (nSPS) is 20.4. The molecule has 1 amide bonds. The Morgan fingerprint density at radius 2 is 2.04 bits per heavy atom. The summed E-state index contributed by atoms with van der Waals surface area (Å²) in [6.07, 6.45) is 6.97. The molecule has 0 aliphatic carbocycles. The van der Waals surface area contributed by atoms with Gasteiger partial charge in [0.25, 0.3) is 0 Å². The highest BCUT2D eigenvalue weighted by Crippen LogP contribution is 2.32. The number of hydrogen-bond acceptors (Lipinski definition) is 9. The molecular formula is C17H20ClN7O3. The van der Waals surface area contributed by atoms with E-state index in [1.165, 1.54) is 12.2 Å². The first kappa shape index (κ1) is 18.8. The Kier molecular flexibility index (Phi) is 5.49. The fourth-order valence-electron chi connectivity index (χ4n) is 3.50. The smallest absolute Gasteiger partial charge is 0.322 e. The molecule has 4 rings (SSSR count). The molecule has 2 aliphatic rings. The Bertz CT molecular complexity index is 833. The number of ether oxygens (including phenoxy) is 1. The SMILES string of the molecule is COc1nc(Cl)nc(N2CCC(C(=O)N3OCC[C@H]3c3cnccn3)CC2)n1. The molecule has 10 nitrogen and oxygen atoms in total. The third-order valence-corrected chi connectivity index (χ3v) is 5.10. The summed E-state index contributed by atoms with van der Waals surface area (Å²) in [6.45, 7) is 1.75. The van der Waals surface area contributed by atoms with Crippen LogP contribution in [-0.4, -0.2) is 62.7 Å². The zero-order chi connectivity index (χ0) is 19.5. The van der Waals surface area contributed by atoms with Crippen LogP contribution in [0.5, 0.6) is 6.01 Å². The van der Waals surface area contributed by atoms with Crippen molar-refractivity contribution in [3.05, 3.63) is 29.6 Å². The molecule has 0 N–H and O–H groups in total. The van der Waals surface area contributed by atoms with Gasteiger partial charge in [0.1, 0.15) is 6.04 Å². The van der Waals surface area contributed by atoms with Gasteiger partial charge in [-0.2, -0.15) is 15.0 Å². The van der Waals surface area contributed by atoms with Gasteiger partial charge in [-0.15, -0.1) is 0 Å². The Morgan fingerprint density at radius 3 is 2.75 bits per heavy atom. The molecule has 0 bridgehead atoms. The third kappa shape index (κ3) is 3.83. The van der Waals surface area contributed by atoms with Gasteiger partial charge >= 0.3 is 6.01 Å². The number of carbonyl (C=O) groups excluding carboxylic acids is 1. The molecule has 2 saturated heterocycles. The van der Waals surface area contributed by atoms with E-state index in [9.17, 15) is 4.79 Å². The second-order valence-electron chi connectivity index (χ2n) is 6.58. The van der Waals surface area contributed by atoms with E-state index in [2.05, 4.69) is 24.9 Å². The second kappa shape index (κ2) is 8.19. The van der Waals surface area contributed by atoms with E-state index >= 15 is 0 Å². The van der Waals surface area contributed by atoms with Gasteiger partial charge in [-0.1, -0.05) is 0 Å². The number of rotatable bonds is 4. The van der Waals surface area contributed by atoms with Crippen LogP contribution in [0.3, 0.4) is 0 Å². The lowest BCUT2D eigenvalue weighted by Gasteiger charge is -2.33. The largest absolute Gasteiger partial charge is 0.467 e. The number of anilines is 1. The molecule has 2 aliphatic heterocycles. The fraction of sp³-hybridized carbons (Fsp3) is 0.529. The van der Waals surface area contributed by atoms with Gasteiger partial charge in [0.2, 0.25) is 17.1 Å². The first-order valence-corrected chi connectivity index (χ1v) is 9.46. The van der Waals surface area contributed by atoms with Crippen LogP contribution < -0.4 is 9.64 Å². The summed E-state index contributed by atoms with van der Waals surface area (Å²) in [6, 6.07) is -0.0173. The molecule has 11 heteroatoms. The summed E-state index contributed by atoms with van der Waals surface area (Å²) < 4.78 is 5.05. The van der Waals surface area contributed by atoms with Gasteiger partial charge in [0.15, 0.2) is 0 Å². The lowest BCUT2D eigenvalue weighted by Crippen LogP contribution is -2.42. The molecule has 0 radical (unpaired) electrons. The molecule has 0 aromatic carbocycles. The summed E-state index contributed by atoms with van der Waals surface area (Å²) in [4.78, 5) is 41.3. The molecular weight excluding hydrogens is 386 g/mol. The lowest BCUT2D eigenvalue weighted by molar-refractivity contribution is -0.182. The average Bonchev–Trinajstić information content (AvgIpc) is 3.23. The quantitative estimate of drug-likeness (QED) is 0.746. The Hall–Kier alpha value is -2.59. The predicted molar refractivity (Wildman–Crippen MR) is 98.5 cm³/mol. The number of methoxy groups -OCH3 is 1. The minimum absolute atomic E-state index is 0.0148. The number of amides is 1. The number of hydrogen-bond donors (Lipinski definition) is 0. The van der Waals surface area contributed by atoms with E-state index in [1.54, 1.807) is 18.6 Å². The summed E-state index contributed by atoms with van der Waals surface area (Å²) in [5, 5.41) is 1.56. The number of nitrogens with zero attached hydrogens (tertiary/aromatic N) is 7. The van der Waals surface area contributed by atoms with Crippen molar-refractivity contribution in [2.24, 2.45) is 5.92 Å². The Balaban J connectivity index is 1.41. The molecule has 28 heavy (non-hydrogen) atoms. The molecule has 1 atom stereocenters. The van der Waals surface area contributed by atoms with E-state index in [0.717, 1.165) is 5.69 Å². The summed E-state index contributed by atoms with van der Waals surface area (Å²) >= 11 is 5.93. The van der Waals surface area contributed by atoms with Crippen molar-refractivity contribution in [3.63, 3.8) is 0 Å². The van der Waals surface area contributed by atoms with Crippen LogP contribution >= 0.6 is 11.6 Å². The van der Waals surface area contributed by atoms with Crippen LogP contribution in [0.25, 0.3) is 0 Å². The van der Waals surface area contributed by atoms with Crippen molar-refractivity contribution in [2.75, 3.05) is 31.7 Å². The topological polar surface area (TPSA) is 106 Å². The van der Waals surface area contributed by atoms with Crippen LogP contribution in [0.4, 0.5) is 5.95 Å². The molecule has 2 aromatic heterocycles. The highest BCUT2D eigenvalue weighted by molar-refractivity contribution is 6.28. The molecule has 0 saturated carbocycles. The highest BCUT2D eigenvalue weighted by Gasteiger charge is 2.38. The van der Waals surface area contributed by atoms with Crippen LogP contribution in [0.15, 0.2) is 18.6 Å². The second-order valence-corrected chi connectivity index (χ2v) is 6.92. The van der Waals surface area contributed by atoms with Gasteiger partial charge in [0, 0.05) is 37.8 Å². The van der Waals surface area contributed by atoms with Gasteiger partial charge in [-0.05, 0) is 24.4 Å². The zero-order valence-corrected chi connectivity index (χ0v) is 16.1. The number of piperidine rings is 1. The Morgan fingerprint density at radius 1 is 1.21 bits per heavy atom. The third-order valence-electron chi connectivity index (χ3n) is 4.93. The number of aromatic nitrogens is 5. The maximum absolute atomic E-state index is 13.0. The summed E-state index contributed by atoms with van der Waals surface area (Å²) in [5.74, 6) is 0.310. The minimum atomic E-state index is -0.189. The van der Waals surface area contributed by atoms with Crippen molar-refractivity contribution in [2.45, 2.75) is 25.3 Å². The van der Waals surface area contributed by atoms with Crippen molar-refractivity contribution >= 4 is 23.5 Å². The maximum atomic E-state index is 13.0. The number of carbonyl (C=O) groups is 1. The molecule has 4 heterocycles. The highest BCUT2D eigenvalue weighted by atomic mass is 35.5. The van der Waals surface area contributed by atoms with Crippen LogP contribution in [0, 0.1) is 5.92 Å². The number of halogens is 1. The summed E-state index contributed by atoms with van der Waals surface area (Å²) in [7, 11) is 1.48. The van der Waals surface area contributed by atoms with E-state index in [0.29, 0.717) is 44.9 Å². The van der Waals surface area contributed by atoms with Gasteiger partial charge < -0.3 is 9.64 Å². The first-order chi connectivity index (χ1) is 13.7. The van der Waals surface area contributed by atoms with Gasteiger partial charge in [-0.3, -0.25) is 19.6 Å². The molecule has 2 fully saturated rings. The lowest BCUT2D eigenvalue weighted by atomic mass is 9.95. The van der Waals surface area contributed by atoms with Gasteiger partial charge in [0.05, 0.1) is 25.6 Å². The van der Waals surface area contributed by atoms with Crippen LogP contribution in [0.1, 0.15) is 31.0 Å². The standard InChI is InChI=1S/C17H20ClN7O3/c1-27-17-22-15(18)21-16(23-17)24-7-2-11(3-8-24)14(26)25-13(4-9-28-25)12-10-19-5-6-20-12/h5-6,10-11,13H,2-4,7-9H2,1H3/t13-/m0/s1. The predicted octanol–water partition coefficient (Wildman–Crippen LogP) is 1.45. The van der Waals surface area contributed by atoms with Crippen LogP contribution in [0.2, 0.25) is 5.28 Å². The van der Waals surface area contributed by atoms with Crippen molar-refractivity contribution < 1.29 is 14.4 Å². The zero-order valence-electron chi connectivity index (χ0n) is 15.4. The van der Waals surface area contributed by atoms with Crippen molar-refractivity contribution in [1.82, 2.24) is 30.0 Å². The van der Waals surface area contributed by atoms with Crippen molar-refractivity contribution in [3.8, 4) is 6.01 Å². The molecule has 0 spiro atoms. The Labute approximate surface area is 166 Å². The van der Waals surface area contributed by atoms with E-state index < -0.39 is 0 Å². The van der Waals surface area contributed by atoms with Gasteiger partial charge in [-0.25, -0.2) is 5.06 Å². The van der Waals surface area contributed by atoms with Crippen molar-refractivity contribution in [1.29, 1.82) is 0 Å². The fourth-order valence-corrected chi connectivity index (χ4v) is 3.65. The molecule has 0 unspecified atom stereocenters. The molecule has 148 valence electrons. The van der Waals surface area contributed by atoms with E-state index in [4.69, 9.17) is 21.2 Å². The molecule has 2 aromatic rings. The maximum Gasteiger partial charge on any atom is 0.322 e. The monoisotopic (exact) mass is 405 g/mol. The summed E-state index contributed by atoms with van der Waals surface area (Å²) in [5.41, 5.74) is 0.748. The average molecular weight is 406 g/mol. The van der Waals surface area contributed by atoms with Crippen LogP contribution in [-0.2, 0) is 9.63 Å². The van der Waals surface area contributed by atoms with E-state index in [-0.39, 0.29) is 29.2 Å². The minimum Gasteiger partial charge on any atom is -0.467 e. The first-order valence-electron chi connectivity index (χ1n) is 9.08.